The van der Waals surface area contributed by atoms with E-state index in [2.05, 4.69) is 17.0 Å². The van der Waals surface area contributed by atoms with Crippen molar-refractivity contribution in [3.63, 3.8) is 0 Å². The van der Waals surface area contributed by atoms with Crippen LogP contribution in [0.2, 0.25) is 0 Å². The molecule has 1 saturated heterocycles. The number of nitrogens with zero attached hydrogens (tertiary/aromatic N) is 1. The monoisotopic (exact) mass is 233 g/mol. The third-order valence-corrected chi connectivity index (χ3v) is 2.99. The van der Waals surface area contributed by atoms with Crippen molar-refractivity contribution in [2.24, 2.45) is 0 Å². The van der Waals surface area contributed by atoms with Crippen LogP contribution >= 0.6 is 0 Å². The lowest BCUT2D eigenvalue weighted by molar-refractivity contribution is 0.122. The summed E-state index contributed by atoms with van der Waals surface area (Å²) < 4.78 is 5.33. The van der Waals surface area contributed by atoms with E-state index in [0.29, 0.717) is 5.76 Å². The number of benzene rings is 1. The Hall–Kier alpha value is -1.48. The summed E-state index contributed by atoms with van der Waals surface area (Å²) in [5, 5.41) is 9.85. The summed E-state index contributed by atoms with van der Waals surface area (Å²) in [7, 11) is 0. The lowest BCUT2D eigenvalue weighted by atomic mass is 10.1. The highest BCUT2D eigenvalue weighted by atomic mass is 16.5. The first-order valence-electron chi connectivity index (χ1n) is 5.98. The minimum absolute atomic E-state index is 0.374. The van der Waals surface area contributed by atoms with E-state index < -0.39 is 0 Å². The van der Waals surface area contributed by atoms with E-state index >= 15 is 0 Å². The van der Waals surface area contributed by atoms with Crippen molar-refractivity contribution in [3.05, 3.63) is 35.4 Å². The van der Waals surface area contributed by atoms with Crippen LogP contribution in [0.15, 0.2) is 29.8 Å². The maximum Gasteiger partial charge on any atom is 0.121 e. The molecule has 0 atom stereocenters. The molecule has 0 unspecified atom stereocenters. The number of aliphatic hydroxyl groups excluding tert-OH is 1. The molecule has 1 heterocycles. The zero-order chi connectivity index (χ0) is 12.3. The van der Waals surface area contributed by atoms with Crippen molar-refractivity contribution in [2.45, 2.75) is 13.8 Å². The highest BCUT2D eigenvalue weighted by molar-refractivity contribution is 5.63. The zero-order valence-corrected chi connectivity index (χ0v) is 10.4. The van der Waals surface area contributed by atoms with Crippen LogP contribution in [0.25, 0.3) is 5.76 Å². The van der Waals surface area contributed by atoms with Crippen LogP contribution in [0.5, 0.6) is 0 Å². The summed E-state index contributed by atoms with van der Waals surface area (Å²) in [5.74, 6) is 0.374. The van der Waals surface area contributed by atoms with Crippen molar-refractivity contribution < 1.29 is 9.84 Å². The van der Waals surface area contributed by atoms with Crippen LogP contribution in [-0.4, -0.2) is 31.4 Å². The summed E-state index contributed by atoms with van der Waals surface area (Å²) >= 11 is 0. The van der Waals surface area contributed by atoms with Crippen LogP contribution < -0.4 is 4.90 Å². The standard InChI is InChI=1S/C14H19NO2/c1-11(2)14(16)12-3-5-13(6-4-12)15-7-9-17-10-8-15/h3-6,16H,7-10H2,1-2H3. The molecule has 3 nitrogen and oxygen atoms in total. The first kappa shape index (κ1) is 12.0. The van der Waals surface area contributed by atoms with Gasteiger partial charge in [0.25, 0.3) is 0 Å². The molecule has 0 saturated carbocycles. The van der Waals surface area contributed by atoms with Gasteiger partial charge < -0.3 is 14.7 Å². The number of hydrogen-bond donors (Lipinski definition) is 1. The molecule has 1 fully saturated rings. The van der Waals surface area contributed by atoms with Crippen molar-refractivity contribution >= 4 is 11.4 Å². The topological polar surface area (TPSA) is 32.7 Å². The van der Waals surface area contributed by atoms with Crippen molar-refractivity contribution in [2.75, 3.05) is 31.2 Å². The van der Waals surface area contributed by atoms with Gasteiger partial charge in [-0.15, -0.1) is 0 Å². The SMILES string of the molecule is CC(C)=C(O)c1ccc(N2CCOCC2)cc1. The van der Waals surface area contributed by atoms with Gasteiger partial charge in [-0.2, -0.15) is 0 Å². The summed E-state index contributed by atoms with van der Waals surface area (Å²) in [6.45, 7) is 7.28. The Balaban J connectivity index is 2.15. The van der Waals surface area contributed by atoms with Gasteiger partial charge in [0.1, 0.15) is 5.76 Å². The average molecular weight is 233 g/mol. The Morgan fingerprint density at radius 2 is 1.71 bits per heavy atom. The highest BCUT2D eigenvalue weighted by Gasteiger charge is 2.11. The number of aliphatic hydroxyl groups is 1. The van der Waals surface area contributed by atoms with Gasteiger partial charge >= 0.3 is 0 Å². The predicted octanol–water partition coefficient (Wildman–Crippen LogP) is 2.83. The Morgan fingerprint density at radius 3 is 2.24 bits per heavy atom. The molecule has 1 aromatic rings. The van der Waals surface area contributed by atoms with Crippen molar-refractivity contribution in [1.29, 1.82) is 0 Å². The molecular formula is C14H19NO2. The molecule has 0 radical (unpaired) electrons. The van der Waals surface area contributed by atoms with Gasteiger partial charge in [-0.05, 0) is 43.7 Å². The molecule has 92 valence electrons. The molecule has 17 heavy (non-hydrogen) atoms. The molecule has 0 bridgehead atoms. The minimum atomic E-state index is 0.374. The highest BCUT2D eigenvalue weighted by Crippen LogP contribution is 2.21. The van der Waals surface area contributed by atoms with Crippen molar-refractivity contribution in [1.82, 2.24) is 0 Å². The molecular weight excluding hydrogens is 214 g/mol. The molecule has 0 aromatic heterocycles. The van der Waals surface area contributed by atoms with Crippen LogP contribution in [-0.2, 0) is 4.74 Å². The smallest absolute Gasteiger partial charge is 0.121 e. The molecule has 1 N–H and O–H groups in total. The second kappa shape index (κ2) is 5.23. The van der Waals surface area contributed by atoms with E-state index in [0.717, 1.165) is 37.4 Å². The summed E-state index contributed by atoms with van der Waals surface area (Å²) in [4.78, 5) is 2.30. The average Bonchev–Trinajstić information content (AvgIpc) is 2.39. The maximum absolute atomic E-state index is 9.85. The molecule has 3 heteroatoms. The fourth-order valence-electron chi connectivity index (χ4n) is 1.94. The van der Waals surface area contributed by atoms with Crippen LogP contribution in [0.1, 0.15) is 19.4 Å². The maximum atomic E-state index is 9.85. The number of ether oxygens (including phenoxy) is 1. The van der Waals surface area contributed by atoms with Crippen LogP contribution in [0.4, 0.5) is 5.69 Å². The number of morpholine rings is 1. The van der Waals surface area contributed by atoms with Gasteiger partial charge in [0.05, 0.1) is 13.2 Å². The minimum Gasteiger partial charge on any atom is -0.507 e. The Labute approximate surface area is 102 Å². The number of allylic oxidation sites excluding steroid dienone is 1. The quantitative estimate of drug-likeness (QED) is 0.797. The molecule has 1 aromatic carbocycles. The molecule has 0 aliphatic carbocycles. The van der Waals surface area contributed by atoms with Gasteiger partial charge in [-0.3, -0.25) is 0 Å². The van der Waals surface area contributed by atoms with Gasteiger partial charge in [0, 0.05) is 24.3 Å². The molecule has 1 aliphatic heterocycles. The van der Waals surface area contributed by atoms with E-state index in [4.69, 9.17) is 4.74 Å². The third kappa shape index (κ3) is 2.80. The van der Waals surface area contributed by atoms with E-state index in [1.807, 2.05) is 26.0 Å². The van der Waals surface area contributed by atoms with Gasteiger partial charge in [-0.25, -0.2) is 0 Å². The summed E-state index contributed by atoms with van der Waals surface area (Å²) in [6, 6.07) is 8.04. The lowest BCUT2D eigenvalue weighted by Crippen LogP contribution is -2.36. The fraction of sp³-hybridized carbons (Fsp3) is 0.429. The van der Waals surface area contributed by atoms with Crippen molar-refractivity contribution in [3.8, 4) is 0 Å². The summed E-state index contributed by atoms with van der Waals surface area (Å²) in [5.41, 5.74) is 3.00. The van der Waals surface area contributed by atoms with Gasteiger partial charge in [-0.1, -0.05) is 0 Å². The third-order valence-electron chi connectivity index (χ3n) is 2.99. The predicted molar refractivity (Wildman–Crippen MR) is 70.4 cm³/mol. The van der Waals surface area contributed by atoms with E-state index in [1.165, 1.54) is 5.69 Å². The van der Waals surface area contributed by atoms with Gasteiger partial charge in [0.2, 0.25) is 0 Å². The number of hydrogen-bond acceptors (Lipinski definition) is 3. The van der Waals surface area contributed by atoms with Crippen LogP contribution in [0.3, 0.4) is 0 Å². The second-order valence-corrected chi connectivity index (χ2v) is 4.49. The van der Waals surface area contributed by atoms with Crippen LogP contribution in [0, 0.1) is 0 Å². The summed E-state index contributed by atoms with van der Waals surface area (Å²) in [6.07, 6.45) is 0. The lowest BCUT2D eigenvalue weighted by Gasteiger charge is -2.28. The first-order valence-corrected chi connectivity index (χ1v) is 5.98. The normalized spacial score (nSPS) is 15.8. The van der Waals surface area contributed by atoms with E-state index in [9.17, 15) is 5.11 Å². The molecule has 0 spiro atoms. The van der Waals surface area contributed by atoms with E-state index in [1.54, 1.807) is 0 Å². The Bertz CT molecular complexity index is 399. The zero-order valence-electron chi connectivity index (χ0n) is 10.4. The second-order valence-electron chi connectivity index (χ2n) is 4.49. The first-order chi connectivity index (χ1) is 8.18. The molecule has 0 amide bonds. The molecule has 1 aliphatic rings. The number of rotatable bonds is 2. The Morgan fingerprint density at radius 1 is 1.12 bits per heavy atom. The van der Waals surface area contributed by atoms with Gasteiger partial charge in [0.15, 0.2) is 0 Å². The molecule has 2 rings (SSSR count). The largest absolute Gasteiger partial charge is 0.507 e. The number of anilines is 1. The Kier molecular flexibility index (Phi) is 3.69. The van der Waals surface area contributed by atoms with E-state index in [-0.39, 0.29) is 0 Å². The fourth-order valence-corrected chi connectivity index (χ4v) is 1.94.